The zero-order chi connectivity index (χ0) is 14.2. The zero-order valence-electron chi connectivity index (χ0n) is 10.2. The number of hydrogen-bond acceptors (Lipinski definition) is 5. The fraction of sp³-hybridized carbons (Fsp3) is 0.417. The number of carbonyl (C=O) groups is 1. The molecule has 1 unspecified atom stereocenters. The third kappa shape index (κ3) is 2.62. The highest BCUT2D eigenvalue weighted by atomic mass is 32.2. The first-order valence-electron chi connectivity index (χ1n) is 5.67. The third-order valence-electron chi connectivity index (χ3n) is 2.97. The number of aliphatic hydroxyl groups is 1. The van der Waals surface area contributed by atoms with Crippen LogP contribution in [-0.4, -0.2) is 31.9 Å². The van der Waals surface area contributed by atoms with Gasteiger partial charge in [-0.3, -0.25) is 0 Å². The first-order valence-corrected chi connectivity index (χ1v) is 7.22. The monoisotopic (exact) mass is 288 g/mol. The summed E-state index contributed by atoms with van der Waals surface area (Å²) in [5.41, 5.74) is -0.0425. The van der Waals surface area contributed by atoms with Crippen molar-refractivity contribution in [3.8, 4) is 0 Å². The van der Waals surface area contributed by atoms with Gasteiger partial charge in [-0.1, -0.05) is 6.07 Å². The lowest BCUT2D eigenvalue weighted by molar-refractivity contribution is -0.150. The van der Waals surface area contributed by atoms with E-state index >= 15 is 0 Å². The van der Waals surface area contributed by atoms with E-state index in [9.17, 15) is 22.7 Å². The summed E-state index contributed by atoms with van der Waals surface area (Å²) in [5.74, 6) is -1.90. The Kier molecular flexibility index (Phi) is 3.60. The molecular formula is C12H13FO5S. The van der Waals surface area contributed by atoms with E-state index in [4.69, 9.17) is 0 Å². The second-order valence-corrected chi connectivity index (χ2v) is 6.56. The summed E-state index contributed by atoms with van der Waals surface area (Å²) >= 11 is 0. The van der Waals surface area contributed by atoms with Crippen LogP contribution in [0.1, 0.15) is 24.5 Å². The van der Waals surface area contributed by atoms with Crippen LogP contribution in [0.2, 0.25) is 0 Å². The summed E-state index contributed by atoms with van der Waals surface area (Å²) < 4.78 is 41.9. The predicted molar refractivity (Wildman–Crippen MR) is 63.6 cm³/mol. The van der Waals surface area contributed by atoms with Crippen molar-refractivity contribution in [2.45, 2.75) is 29.1 Å². The first-order chi connectivity index (χ1) is 8.87. The molecule has 1 atom stereocenters. The van der Waals surface area contributed by atoms with Crippen molar-refractivity contribution >= 4 is 15.8 Å². The average molecular weight is 288 g/mol. The van der Waals surface area contributed by atoms with Gasteiger partial charge in [-0.05, 0) is 30.5 Å². The molecule has 0 aromatic heterocycles. The Bertz CT molecular complexity index is 607. The number of esters is 1. The van der Waals surface area contributed by atoms with Gasteiger partial charge in [0.25, 0.3) is 0 Å². The number of benzene rings is 1. The molecule has 0 saturated heterocycles. The van der Waals surface area contributed by atoms with Crippen molar-refractivity contribution in [3.63, 3.8) is 0 Å². The van der Waals surface area contributed by atoms with Gasteiger partial charge in [0.05, 0.1) is 12.4 Å². The molecule has 5 nitrogen and oxygen atoms in total. The Morgan fingerprint density at radius 3 is 2.58 bits per heavy atom. The maximum atomic E-state index is 13.8. The summed E-state index contributed by atoms with van der Waals surface area (Å²) in [6.07, 6.45) is -0.556. The van der Waals surface area contributed by atoms with Crippen LogP contribution in [-0.2, 0) is 19.4 Å². The van der Waals surface area contributed by atoms with Crippen LogP contribution in [0.5, 0.6) is 0 Å². The Labute approximate surface area is 109 Å². The van der Waals surface area contributed by atoms with E-state index in [0.717, 1.165) is 19.2 Å². The lowest BCUT2D eigenvalue weighted by atomic mass is 10.1. The smallest absolute Gasteiger partial charge is 0.339 e. The Morgan fingerprint density at radius 1 is 1.47 bits per heavy atom. The number of methoxy groups -OCH3 is 1. The minimum atomic E-state index is -3.64. The average Bonchev–Trinajstić information content (AvgIpc) is 3.21. The van der Waals surface area contributed by atoms with Gasteiger partial charge in [-0.15, -0.1) is 0 Å². The maximum Gasteiger partial charge on any atom is 0.339 e. The minimum Gasteiger partial charge on any atom is -0.467 e. The molecule has 0 amide bonds. The quantitative estimate of drug-likeness (QED) is 0.835. The lowest BCUT2D eigenvalue weighted by Crippen LogP contribution is -2.15. The van der Waals surface area contributed by atoms with Crippen LogP contribution in [0.3, 0.4) is 0 Å². The van der Waals surface area contributed by atoms with E-state index in [2.05, 4.69) is 4.74 Å². The Hall–Kier alpha value is -1.47. The highest BCUT2D eigenvalue weighted by Crippen LogP contribution is 2.35. The number of aliphatic hydroxyl groups excluding tert-OH is 1. The highest BCUT2D eigenvalue weighted by Gasteiger charge is 2.38. The van der Waals surface area contributed by atoms with Gasteiger partial charge in [-0.2, -0.15) is 0 Å². The molecule has 0 aliphatic heterocycles. The van der Waals surface area contributed by atoms with Crippen molar-refractivity contribution in [2.24, 2.45) is 0 Å². The second kappa shape index (κ2) is 4.90. The first kappa shape index (κ1) is 14.0. The summed E-state index contributed by atoms with van der Waals surface area (Å²) in [5, 5.41) is 9.02. The molecular weight excluding hydrogens is 275 g/mol. The molecule has 1 fully saturated rings. The van der Waals surface area contributed by atoms with E-state index in [1.165, 1.54) is 6.07 Å². The molecule has 104 valence electrons. The molecule has 1 aliphatic carbocycles. The number of sulfone groups is 1. The van der Waals surface area contributed by atoms with Gasteiger partial charge in [-0.25, -0.2) is 17.6 Å². The fourth-order valence-corrected chi connectivity index (χ4v) is 3.43. The van der Waals surface area contributed by atoms with E-state index in [0.29, 0.717) is 12.8 Å². The van der Waals surface area contributed by atoms with E-state index < -0.39 is 37.9 Å². The Balaban J connectivity index is 2.35. The standard InChI is InChI=1S/C12H13FO5S/c1-18-12(15)11(14)7-2-5-10(9(13)6-7)19(16,17)8-3-4-8/h2,5-6,8,11,14H,3-4H2,1H3. The van der Waals surface area contributed by atoms with Gasteiger partial charge in [0, 0.05) is 0 Å². The normalized spacial score (nSPS) is 17.0. The van der Waals surface area contributed by atoms with Crippen LogP contribution >= 0.6 is 0 Å². The highest BCUT2D eigenvalue weighted by molar-refractivity contribution is 7.92. The molecule has 7 heteroatoms. The van der Waals surface area contributed by atoms with Crippen LogP contribution in [0.4, 0.5) is 4.39 Å². The molecule has 1 aliphatic rings. The topological polar surface area (TPSA) is 80.7 Å². The summed E-state index contributed by atoms with van der Waals surface area (Å²) in [4.78, 5) is 10.7. The molecule has 1 saturated carbocycles. The Morgan fingerprint density at radius 2 is 2.11 bits per heavy atom. The third-order valence-corrected chi connectivity index (χ3v) is 5.26. The van der Waals surface area contributed by atoms with Crippen molar-refractivity contribution in [3.05, 3.63) is 29.6 Å². The SMILES string of the molecule is COC(=O)C(O)c1ccc(S(=O)(=O)C2CC2)c(F)c1. The molecule has 1 aromatic carbocycles. The zero-order valence-corrected chi connectivity index (χ0v) is 11.0. The van der Waals surface area contributed by atoms with Gasteiger partial charge < -0.3 is 9.84 Å². The predicted octanol–water partition coefficient (Wildman–Crippen LogP) is 0.968. The molecule has 0 heterocycles. The van der Waals surface area contributed by atoms with E-state index in [1.807, 2.05) is 0 Å². The summed E-state index contributed by atoms with van der Waals surface area (Å²) in [6.45, 7) is 0. The van der Waals surface area contributed by atoms with E-state index in [-0.39, 0.29) is 5.56 Å². The van der Waals surface area contributed by atoms with Crippen LogP contribution in [0.15, 0.2) is 23.1 Å². The van der Waals surface area contributed by atoms with Gasteiger partial charge >= 0.3 is 5.97 Å². The number of halogens is 1. The number of carbonyl (C=O) groups excluding carboxylic acids is 1. The molecule has 0 bridgehead atoms. The largest absolute Gasteiger partial charge is 0.467 e. The lowest BCUT2D eigenvalue weighted by Gasteiger charge is -2.10. The molecule has 1 N–H and O–H groups in total. The molecule has 19 heavy (non-hydrogen) atoms. The van der Waals surface area contributed by atoms with Crippen LogP contribution < -0.4 is 0 Å². The molecule has 2 rings (SSSR count). The van der Waals surface area contributed by atoms with Crippen LogP contribution in [0.25, 0.3) is 0 Å². The number of ether oxygens (including phenoxy) is 1. The van der Waals surface area contributed by atoms with Crippen molar-refractivity contribution < 1.29 is 27.4 Å². The summed E-state index contributed by atoms with van der Waals surface area (Å²) in [7, 11) is -2.55. The van der Waals surface area contributed by atoms with Crippen molar-refractivity contribution in [1.29, 1.82) is 0 Å². The summed E-state index contributed by atoms with van der Waals surface area (Å²) in [6, 6.07) is 3.13. The van der Waals surface area contributed by atoms with E-state index in [1.54, 1.807) is 0 Å². The maximum absolute atomic E-state index is 13.8. The number of rotatable bonds is 4. The molecule has 1 aromatic rings. The van der Waals surface area contributed by atoms with Gasteiger partial charge in [0.15, 0.2) is 15.9 Å². The second-order valence-electron chi connectivity index (χ2n) is 4.36. The van der Waals surface area contributed by atoms with Crippen LogP contribution in [0, 0.1) is 5.82 Å². The van der Waals surface area contributed by atoms with Crippen molar-refractivity contribution in [2.75, 3.05) is 7.11 Å². The van der Waals surface area contributed by atoms with Gasteiger partial charge in [0.1, 0.15) is 10.7 Å². The molecule has 0 radical (unpaired) electrons. The fourth-order valence-electron chi connectivity index (χ4n) is 1.72. The minimum absolute atomic E-state index is 0.0425. The number of hydrogen-bond donors (Lipinski definition) is 1. The van der Waals surface area contributed by atoms with Gasteiger partial charge in [0.2, 0.25) is 0 Å². The van der Waals surface area contributed by atoms with Crippen molar-refractivity contribution in [1.82, 2.24) is 0 Å². The molecule has 0 spiro atoms.